The van der Waals surface area contributed by atoms with Gasteiger partial charge in [-0.3, -0.25) is 10.1 Å². The Labute approximate surface area is 121 Å². The maximum Gasteiger partial charge on any atom is 0.241 e. The highest BCUT2D eigenvalue weighted by Gasteiger charge is 2.39. The van der Waals surface area contributed by atoms with Crippen LogP contribution in [-0.4, -0.2) is 35.4 Å². The molecule has 1 fully saturated rings. The summed E-state index contributed by atoms with van der Waals surface area (Å²) in [5.74, 6) is -0.474. The number of benzene rings is 1. The highest BCUT2D eigenvalue weighted by molar-refractivity contribution is 7.98. The third-order valence-electron chi connectivity index (χ3n) is 3.45. The molecular formula is C14H18F2N2OS. The number of rotatable bonds is 5. The first-order valence-electron chi connectivity index (χ1n) is 6.59. The van der Waals surface area contributed by atoms with Crippen molar-refractivity contribution in [1.29, 1.82) is 0 Å². The summed E-state index contributed by atoms with van der Waals surface area (Å²) in [6, 6.07) is 3.18. The van der Waals surface area contributed by atoms with Crippen molar-refractivity contribution in [3.05, 3.63) is 35.4 Å². The van der Waals surface area contributed by atoms with E-state index < -0.39 is 17.8 Å². The van der Waals surface area contributed by atoms with E-state index in [0.29, 0.717) is 18.5 Å². The molecule has 1 aliphatic heterocycles. The van der Waals surface area contributed by atoms with Crippen molar-refractivity contribution < 1.29 is 13.6 Å². The van der Waals surface area contributed by atoms with Crippen LogP contribution in [0.25, 0.3) is 0 Å². The minimum atomic E-state index is -0.624. The molecule has 0 aromatic heterocycles. The molecule has 6 heteroatoms. The van der Waals surface area contributed by atoms with Crippen LogP contribution in [0.3, 0.4) is 0 Å². The molecule has 2 atom stereocenters. The first-order chi connectivity index (χ1) is 9.58. The summed E-state index contributed by atoms with van der Waals surface area (Å²) < 4.78 is 26.9. The third kappa shape index (κ3) is 2.96. The fraction of sp³-hybridized carbons (Fsp3) is 0.500. The van der Waals surface area contributed by atoms with Gasteiger partial charge in [0.15, 0.2) is 0 Å². The number of hydrogen-bond acceptors (Lipinski definition) is 3. The zero-order valence-electron chi connectivity index (χ0n) is 11.5. The van der Waals surface area contributed by atoms with Crippen LogP contribution < -0.4 is 5.32 Å². The molecule has 1 N–H and O–H groups in total. The molecule has 0 saturated carbocycles. The fourth-order valence-corrected chi connectivity index (χ4v) is 2.76. The minimum Gasteiger partial charge on any atom is -0.321 e. The number of hydrogen-bond donors (Lipinski definition) is 1. The average Bonchev–Trinajstić information content (AvgIpc) is 2.73. The molecule has 1 aliphatic rings. The summed E-state index contributed by atoms with van der Waals surface area (Å²) in [6.45, 7) is 2.46. The lowest BCUT2D eigenvalue weighted by Gasteiger charge is -2.24. The van der Waals surface area contributed by atoms with Gasteiger partial charge < -0.3 is 4.90 Å². The molecule has 0 aliphatic carbocycles. The quantitative estimate of drug-likeness (QED) is 0.907. The van der Waals surface area contributed by atoms with Gasteiger partial charge in [0.05, 0.1) is 6.04 Å². The lowest BCUT2D eigenvalue weighted by molar-refractivity contribution is -0.129. The largest absolute Gasteiger partial charge is 0.321 e. The van der Waals surface area contributed by atoms with E-state index in [2.05, 4.69) is 5.32 Å². The SMILES string of the molecule is CCC1NC(c2ccc(F)cc2F)N(CCSC)C1=O. The molecule has 110 valence electrons. The topological polar surface area (TPSA) is 32.3 Å². The molecule has 20 heavy (non-hydrogen) atoms. The fourth-order valence-electron chi connectivity index (χ4n) is 2.38. The Bertz CT molecular complexity index is 498. The van der Waals surface area contributed by atoms with Crippen LogP contribution in [0.2, 0.25) is 0 Å². The number of nitrogens with one attached hydrogen (secondary N) is 1. The van der Waals surface area contributed by atoms with Crippen molar-refractivity contribution in [3.8, 4) is 0 Å². The van der Waals surface area contributed by atoms with Gasteiger partial charge in [-0.25, -0.2) is 8.78 Å². The Morgan fingerprint density at radius 1 is 1.40 bits per heavy atom. The van der Waals surface area contributed by atoms with E-state index >= 15 is 0 Å². The van der Waals surface area contributed by atoms with Crippen molar-refractivity contribution in [2.45, 2.75) is 25.6 Å². The van der Waals surface area contributed by atoms with Gasteiger partial charge in [-0.15, -0.1) is 0 Å². The Morgan fingerprint density at radius 3 is 2.75 bits per heavy atom. The van der Waals surface area contributed by atoms with Crippen LogP contribution in [0.15, 0.2) is 18.2 Å². The number of carbonyl (C=O) groups excluding carboxylic acids is 1. The molecule has 2 rings (SSSR count). The van der Waals surface area contributed by atoms with E-state index in [1.807, 2.05) is 13.2 Å². The van der Waals surface area contributed by atoms with Crippen molar-refractivity contribution in [2.24, 2.45) is 0 Å². The first-order valence-corrected chi connectivity index (χ1v) is 7.98. The van der Waals surface area contributed by atoms with E-state index in [0.717, 1.165) is 11.8 Å². The number of carbonyl (C=O) groups is 1. The zero-order chi connectivity index (χ0) is 14.7. The van der Waals surface area contributed by atoms with Crippen molar-refractivity contribution in [1.82, 2.24) is 10.2 Å². The van der Waals surface area contributed by atoms with Crippen molar-refractivity contribution in [3.63, 3.8) is 0 Å². The second-order valence-corrected chi connectivity index (χ2v) is 5.71. The second-order valence-electron chi connectivity index (χ2n) is 4.72. The lowest BCUT2D eigenvalue weighted by atomic mass is 10.1. The molecular weight excluding hydrogens is 282 g/mol. The zero-order valence-corrected chi connectivity index (χ0v) is 12.3. The summed E-state index contributed by atoms with van der Waals surface area (Å²) >= 11 is 1.63. The van der Waals surface area contributed by atoms with E-state index in [1.165, 1.54) is 12.1 Å². The van der Waals surface area contributed by atoms with Gasteiger partial charge in [0.1, 0.15) is 17.8 Å². The van der Waals surface area contributed by atoms with E-state index in [4.69, 9.17) is 0 Å². The van der Waals surface area contributed by atoms with E-state index in [-0.39, 0.29) is 11.9 Å². The Morgan fingerprint density at radius 2 is 2.15 bits per heavy atom. The van der Waals surface area contributed by atoms with Crippen LogP contribution >= 0.6 is 11.8 Å². The smallest absolute Gasteiger partial charge is 0.241 e. The normalized spacial score (nSPS) is 22.6. The molecule has 3 nitrogen and oxygen atoms in total. The Kier molecular flexibility index (Phi) is 4.99. The highest BCUT2D eigenvalue weighted by Crippen LogP contribution is 2.28. The van der Waals surface area contributed by atoms with Gasteiger partial charge >= 0.3 is 0 Å². The summed E-state index contributed by atoms with van der Waals surface area (Å²) in [5, 5.41) is 3.13. The van der Waals surface area contributed by atoms with Gasteiger partial charge in [0, 0.05) is 23.9 Å². The second kappa shape index (κ2) is 6.54. The van der Waals surface area contributed by atoms with Crippen molar-refractivity contribution in [2.75, 3.05) is 18.6 Å². The maximum absolute atomic E-state index is 13.9. The minimum absolute atomic E-state index is 0.0183. The monoisotopic (exact) mass is 300 g/mol. The van der Waals surface area contributed by atoms with Crippen LogP contribution in [0.4, 0.5) is 8.78 Å². The third-order valence-corrected chi connectivity index (χ3v) is 4.04. The van der Waals surface area contributed by atoms with Crippen LogP contribution in [0.5, 0.6) is 0 Å². The number of amides is 1. The predicted molar refractivity (Wildman–Crippen MR) is 76.4 cm³/mol. The molecule has 0 spiro atoms. The molecule has 0 radical (unpaired) electrons. The highest BCUT2D eigenvalue weighted by atomic mass is 32.2. The summed E-state index contributed by atoms with van der Waals surface area (Å²) in [7, 11) is 0. The Hall–Kier alpha value is -1.14. The number of halogens is 2. The van der Waals surface area contributed by atoms with E-state index in [1.54, 1.807) is 16.7 Å². The average molecular weight is 300 g/mol. The van der Waals surface area contributed by atoms with Crippen LogP contribution in [0, 0.1) is 11.6 Å². The van der Waals surface area contributed by atoms with Gasteiger partial charge in [-0.2, -0.15) is 11.8 Å². The molecule has 1 amide bonds. The Balaban J connectivity index is 2.29. The van der Waals surface area contributed by atoms with Crippen molar-refractivity contribution >= 4 is 17.7 Å². The van der Waals surface area contributed by atoms with Gasteiger partial charge in [0.25, 0.3) is 0 Å². The van der Waals surface area contributed by atoms with Crippen LogP contribution in [-0.2, 0) is 4.79 Å². The van der Waals surface area contributed by atoms with Crippen LogP contribution in [0.1, 0.15) is 25.1 Å². The van der Waals surface area contributed by atoms with E-state index in [9.17, 15) is 13.6 Å². The van der Waals surface area contributed by atoms with Gasteiger partial charge in [-0.1, -0.05) is 6.92 Å². The maximum atomic E-state index is 13.9. The lowest BCUT2D eigenvalue weighted by Crippen LogP contribution is -2.33. The summed E-state index contributed by atoms with van der Waals surface area (Å²) in [6.07, 6.45) is 2.09. The molecule has 1 heterocycles. The van der Waals surface area contributed by atoms with Gasteiger partial charge in [-0.05, 0) is 24.8 Å². The number of nitrogens with zero attached hydrogens (tertiary/aromatic N) is 1. The molecule has 0 bridgehead atoms. The summed E-state index contributed by atoms with van der Waals surface area (Å²) in [4.78, 5) is 13.9. The first kappa shape index (κ1) is 15.3. The molecule has 1 aromatic carbocycles. The standard InChI is InChI=1S/C14H18F2N2OS/c1-3-12-14(19)18(6-7-20-2)13(17-12)10-5-4-9(15)8-11(10)16/h4-5,8,12-13,17H,3,6-7H2,1-2H3. The van der Waals surface area contributed by atoms with Gasteiger partial charge in [0.2, 0.25) is 5.91 Å². The predicted octanol–water partition coefficient (Wildman–Crippen LogP) is 2.54. The molecule has 1 saturated heterocycles. The molecule has 2 unspecified atom stereocenters. The number of thioether (sulfide) groups is 1. The molecule has 1 aromatic rings. The summed E-state index contributed by atoms with van der Waals surface area (Å²) in [5.41, 5.74) is 0.316.